The number of nitrogens with one attached hydrogen (secondary N) is 1. The Labute approximate surface area is 94.8 Å². The number of rotatable bonds is 1. The Morgan fingerprint density at radius 3 is 2.93 bits per heavy atom. The van der Waals surface area contributed by atoms with Gasteiger partial charge in [0.2, 0.25) is 0 Å². The number of nitrogens with zero attached hydrogens (tertiary/aromatic N) is 2. The highest BCUT2D eigenvalue weighted by atomic mass is 35.5. The monoisotopic (exact) mass is 225 g/mol. The summed E-state index contributed by atoms with van der Waals surface area (Å²) in [5, 5.41) is 8.65. The van der Waals surface area contributed by atoms with E-state index in [4.69, 9.17) is 11.6 Å². The highest BCUT2D eigenvalue weighted by molar-refractivity contribution is 6.30. The van der Waals surface area contributed by atoms with E-state index in [0.717, 1.165) is 24.7 Å². The van der Waals surface area contributed by atoms with E-state index in [0.29, 0.717) is 6.04 Å². The van der Waals surface area contributed by atoms with Crippen LogP contribution < -0.4 is 5.32 Å². The van der Waals surface area contributed by atoms with E-state index in [1.807, 2.05) is 0 Å². The summed E-state index contributed by atoms with van der Waals surface area (Å²) >= 11 is 6.18. The summed E-state index contributed by atoms with van der Waals surface area (Å²) in [6.45, 7) is 1.97. The Kier molecular flexibility index (Phi) is 2.45. The molecule has 1 aliphatic carbocycles. The SMILES string of the molecule is Clc1nn(C2CCCC2)c2c1CCNC2. The lowest BCUT2D eigenvalue weighted by Gasteiger charge is -2.18. The first kappa shape index (κ1) is 9.67. The Morgan fingerprint density at radius 2 is 2.13 bits per heavy atom. The molecule has 0 amide bonds. The standard InChI is InChI=1S/C11H16ClN3/c12-11-9-5-6-13-7-10(9)15(14-11)8-3-1-2-4-8/h8,13H,1-7H2. The van der Waals surface area contributed by atoms with Crippen LogP contribution in [0.4, 0.5) is 0 Å². The zero-order valence-corrected chi connectivity index (χ0v) is 9.56. The average Bonchev–Trinajstić information content (AvgIpc) is 2.87. The summed E-state index contributed by atoms with van der Waals surface area (Å²) in [5.74, 6) is 0. The lowest BCUT2D eigenvalue weighted by molar-refractivity contribution is 0.436. The molecule has 0 aromatic carbocycles. The van der Waals surface area contributed by atoms with Gasteiger partial charge in [-0.2, -0.15) is 5.10 Å². The normalized spacial score (nSPS) is 21.9. The molecule has 82 valence electrons. The molecule has 1 aliphatic heterocycles. The van der Waals surface area contributed by atoms with Gasteiger partial charge in [0.25, 0.3) is 0 Å². The molecule has 0 saturated heterocycles. The van der Waals surface area contributed by atoms with Crippen molar-refractivity contribution in [3.05, 3.63) is 16.4 Å². The van der Waals surface area contributed by atoms with Crippen LogP contribution in [0.5, 0.6) is 0 Å². The van der Waals surface area contributed by atoms with Gasteiger partial charge in [-0.15, -0.1) is 0 Å². The first-order chi connectivity index (χ1) is 7.36. The van der Waals surface area contributed by atoms with E-state index in [9.17, 15) is 0 Å². The van der Waals surface area contributed by atoms with E-state index in [1.165, 1.54) is 36.9 Å². The number of fused-ring (bicyclic) bond motifs is 1. The summed E-state index contributed by atoms with van der Waals surface area (Å²) < 4.78 is 2.19. The first-order valence-electron chi connectivity index (χ1n) is 5.83. The summed E-state index contributed by atoms with van der Waals surface area (Å²) in [4.78, 5) is 0. The number of hydrogen-bond acceptors (Lipinski definition) is 2. The van der Waals surface area contributed by atoms with Crippen molar-refractivity contribution in [1.82, 2.24) is 15.1 Å². The molecule has 2 aliphatic rings. The van der Waals surface area contributed by atoms with Gasteiger partial charge in [0.1, 0.15) is 0 Å². The maximum Gasteiger partial charge on any atom is 0.154 e. The molecular weight excluding hydrogens is 210 g/mol. The lowest BCUT2D eigenvalue weighted by atomic mass is 10.1. The first-order valence-corrected chi connectivity index (χ1v) is 6.20. The van der Waals surface area contributed by atoms with Crippen molar-refractivity contribution in [2.45, 2.75) is 44.7 Å². The Hall–Kier alpha value is -0.540. The molecule has 15 heavy (non-hydrogen) atoms. The van der Waals surface area contributed by atoms with Gasteiger partial charge in [-0.05, 0) is 25.8 Å². The van der Waals surface area contributed by atoms with Gasteiger partial charge in [0.05, 0.1) is 11.7 Å². The Bertz CT molecular complexity index is 366. The van der Waals surface area contributed by atoms with Gasteiger partial charge in [-0.1, -0.05) is 24.4 Å². The number of hydrogen-bond donors (Lipinski definition) is 1. The topological polar surface area (TPSA) is 29.9 Å². The fraction of sp³-hybridized carbons (Fsp3) is 0.727. The van der Waals surface area contributed by atoms with Crippen molar-refractivity contribution in [1.29, 1.82) is 0 Å². The molecule has 0 atom stereocenters. The van der Waals surface area contributed by atoms with Crippen LogP contribution in [0, 0.1) is 0 Å². The molecule has 1 fully saturated rings. The molecule has 0 radical (unpaired) electrons. The van der Waals surface area contributed by atoms with Gasteiger partial charge >= 0.3 is 0 Å². The van der Waals surface area contributed by atoms with Gasteiger partial charge in [0.15, 0.2) is 5.15 Å². The largest absolute Gasteiger partial charge is 0.311 e. The Morgan fingerprint density at radius 1 is 1.33 bits per heavy atom. The zero-order valence-electron chi connectivity index (χ0n) is 8.80. The van der Waals surface area contributed by atoms with Crippen molar-refractivity contribution >= 4 is 11.6 Å². The molecule has 0 spiro atoms. The number of halogens is 1. The molecule has 1 N–H and O–H groups in total. The van der Waals surface area contributed by atoms with Crippen LogP contribution in [0.3, 0.4) is 0 Å². The second-order valence-electron chi connectivity index (χ2n) is 4.53. The molecule has 1 aromatic rings. The van der Waals surface area contributed by atoms with E-state index in [2.05, 4.69) is 15.1 Å². The summed E-state index contributed by atoms with van der Waals surface area (Å²) in [5.41, 5.74) is 2.61. The molecule has 1 aromatic heterocycles. The molecular formula is C11H16ClN3. The average molecular weight is 226 g/mol. The molecule has 2 heterocycles. The van der Waals surface area contributed by atoms with Crippen LogP contribution in [-0.2, 0) is 13.0 Å². The third kappa shape index (κ3) is 1.58. The highest BCUT2D eigenvalue weighted by Gasteiger charge is 2.25. The fourth-order valence-corrected chi connectivity index (χ4v) is 3.06. The summed E-state index contributed by atoms with van der Waals surface area (Å²) in [6.07, 6.45) is 6.24. The second kappa shape index (κ2) is 3.80. The van der Waals surface area contributed by atoms with E-state index >= 15 is 0 Å². The molecule has 0 bridgehead atoms. The minimum Gasteiger partial charge on any atom is -0.311 e. The zero-order chi connectivity index (χ0) is 10.3. The number of aromatic nitrogens is 2. The Balaban J connectivity index is 1.99. The van der Waals surface area contributed by atoms with Crippen molar-refractivity contribution in [3.63, 3.8) is 0 Å². The fourth-order valence-electron chi connectivity index (χ4n) is 2.78. The third-order valence-electron chi connectivity index (χ3n) is 3.58. The summed E-state index contributed by atoms with van der Waals surface area (Å²) in [7, 11) is 0. The predicted octanol–water partition coefficient (Wildman–Crippen LogP) is 2.30. The maximum atomic E-state index is 6.18. The third-order valence-corrected chi connectivity index (χ3v) is 3.89. The van der Waals surface area contributed by atoms with Crippen LogP contribution in [0.15, 0.2) is 0 Å². The van der Waals surface area contributed by atoms with Crippen LogP contribution in [0.2, 0.25) is 5.15 Å². The van der Waals surface area contributed by atoms with Crippen molar-refractivity contribution < 1.29 is 0 Å². The lowest BCUT2D eigenvalue weighted by Crippen LogP contribution is -2.26. The molecule has 3 rings (SSSR count). The van der Waals surface area contributed by atoms with E-state index in [1.54, 1.807) is 0 Å². The second-order valence-corrected chi connectivity index (χ2v) is 4.88. The van der Waals surface area contributed by atoms with E-state index in [-0.39, 0.29) is 0 Å². The molecule has 4 heteroatoms. The van der Waals surface area contributed by atoms with Crippen LogP contribution in [0.25, 0.3) is 0 Å². The summed E-state index contributed by atoms with van der Waals surface area (Å²) in [6, 6.07) is 0.603. The highest BCUT2D eigenvalue weighted by Crippen LogP contribution is 2.33. The van der Waals surface area contributed by atoms with Crippen molar-refractivity contribution in [2.24, 2.45) is 0 Å². The van der Waals surface area contributed by atoms with Gasteiger partial charge < -0.3 is 5.32 Å². The molecule has 1 saturated carbocycles. The minimum absolute atomic E-state index is 0.603. The van der Waals surface area contributed by atoms with Crippen LogP contribution in [-0.4, -0.2) is 16.3 Å². The predicted molar refractivity (Wildman–Crippen MR) is 60.2 cm³/mol. The molecule has 0 unspecified atom stereocenters. The van der Waals surface area contributed by atoms with Gasteiger partial charge in [-0.25, -0.2) is 0 Å². The van der Waals surface area contributed by atoms with Crippen LogP contribution in [0.1, 0.15) is 43.0 Å². The van der Waals surface area contributed by atoms with E-state index < -0.39 is 0 Å². The van der Waals surface area contributed by atoms with Gasteiger partial charge in [-0.3, -0.25) is 4.68 Å². The van der Waals surface area contributed by atoms with Gasteiger partial charge in [0, 0.05) is 12.1 Å². The smallest absolute Gasteiger partial charge is 0.154 e. The maximum absolute atomic E-state index is 6.18. The van der Waals surface area contributed by atoms with Crippen LogP contribution >= 0.6 is 11.6 Å². The quantitative estimate of drug-likeness (QED) is 0.795. The molecule has 3 nitrogen and oxygen atoms in total. The minimum atomic E-state index is 0.603. The van der Waals surface area contributed by atoms with Crippen molar-refractivity contribution in [3.8, 4) is 0 Å². The van der Waals surface area contributed by atoms with Crippen molar-refractivity contribution in [2.75, 3.05) is 6.54 Å².